The van der Waals surface area contributed by atoms with Crippen molar-refractivity contribution in [3.63, 3.8) is 0 Å². The van der Waals surface area contributed by atoms with Gasteiger partial charge in [0.1, 0.15) is 5.82 Å². The summed E-state index contributed by atoms with van der Waals surface area (Å²) in [6.45, 7) is 3.44. The number of rotatable bonds is 10. The fraction of sp³-hybridized carbons (Fsp3) is 0.542. The minimum atomic E-state index is -4.40. The van der Waals surface area contributed by atoms with Crippen LogP contribution in [0.15, 0.2) is 18.3 Å². The minimum absolute atomic E-state index is 0.00213. The second-order valence-corrected chi connectivity index (χ2v) is 10.7. The smallest absolute Gasteiger partial charge is 0.366 e. The van der Waals surface area contributed by atoms with Crippen molar-refractivity contribution in [3.05, 3.63) is 50.7 Å². The number of halogens is 4. The predicted octanol–water partition coefficient (Wildman–Crippen LogP) is 4.10. The Morgan fingerprint density at radius 3 is 2.40 bits per heavy atom. The van der Waals surface area contributed by atoms with Crippen LogP contribution < -0.4 is 11.1 Å². The molecule has 192 valence electrons. The number of aryl methyl sites for hydroxylation is 1. The van der Waals surface area contributed by atoms with Gasteiger partial charge in [-0.3, -0.25) is 9.59 Å². The Morgan fingerprint density at radius 1 is 1.26 bits per heavy atom. The zero-order chi connectivity index (χ0) is 26.1. The molecule has 2 amide bonds. The van der Waals surface area contributed by atoms with Gasteiger partial charge in [0.2, 0.25) is 5.91 Å². The number of nitrogens with zero attached hydrogens (tertiary/aromatic N) is 2. The molecule has 0 radical (unpaired) electrons. The molecule has 0 bridgehead atoms. The lowest BCUT2D eigenvalue weighted by Crippen LogP contribution is -2.43. The van der Waals surface area contributed by atoms with E-state index in [0.29, 0.717) is 27.4 Å². The molecule has 3 N–H and O–H groups in total. The molecule has 6 nitrogen and oxygen atoms in total. The molecule has 2 aromatic rings. The van der Waals surface area contributed by atoms with Gasteiger partial charge in [-0.05, 0) is 64.4 Å². The van der Waals surface area contributed by atoms with Crippen LogP contribution in [0.4, 0.5) is 17.6 Å². The average Bonchev–Trinajstić information content (AvgIpc) is 3.47. The molecular weight excluding hydrogens is 484 g/mol. The van der Waals surface area contributed by atoms with E-state index >= 15 is 0 Å². The lowest BCUT2D eigenvalue weighted by Gasteiger charge is -2.29. The van der Waals surface area contributed by atoms with E-state index in [-0.39, 0.29) is 37.4 Å². The molecule has 1 heterocycles. The number of nitrogens with one attached hydrogen (secondary N) is 1. The number of thiazole rings is 1. The summed E-state index contributed by atoms with van der Waals surface area (Å²) in [5.41, 5.74) is 4.06. The number of amides is 2. The summed E-state index contributed by atoms with van der Waals surface area (Å²) in [6, 6.07) is 2.70. The molecule has 0 spiro atoms. The summed E-state index contributed by atoms with van der Waals surface area (Å²) < 4.78 is 56.2. The molecule has 1 aromatic heterocycles. The maximum absolute atomic E-state index is 14.5. The number of aromatic nitrogens is 1. The first-order chi connectivity index (χ1) is 16.3. The molecule has 0 aliphatic heterocycles. The molecule has 35 heavy (non-hydrogen) atoms. The van der Waals surface area contributed by atoms with E-state index in [2.05, 4.69) is 10.3 Å². The topological polar surface area (TPSA) is 88.3 Å². The number of nitrogens with two attached hydrogens (primary N) is 1. The van der Waals surface area contributed by atoms with Crippen LogP contribution in [0.1, 0.15) is 56.6 Å². The van der Waals surface area contributed by atoms with Gasteiger partial charge >= 0.3 is 6.18 Å². The van der Waals surface area contributed by atoms with Crippen LogP contribution in [-0.4, -0.2) is 54.6 Å². The van der Waals surface area contributed by atoms with E-state index in [9.17, 15) is 27.2 Å². The minimum Gasteiger partial charge on any atom is -0.366 e. The molecule has 1 aliphatic carbocycles. The van der Waals surface area contributed by atoms with Crippen molar-refractivity contribution in [2.45, 2.75) is 57.7 Å². The maximum Gasteiger partial charge on any atom is 0.395 e. The van der Waals surface area contributed by atoms with Gasteiger partial charge < -0.3 is 16.0 Å². The van der Waals surface area contributed by atoms with Gasteiger partial charge in [-0.15, -0.1) is 11.3 Å². The number of hydrogen-bond donors (Lipinski definition) is 2. The molecule has 1 aromatic carbocycles. The van der Waals surface area contributed by atoms with Gasteiger partial charge in [-0.2, -0.15) is 13.2 Å². The van der Waals surface area contributed by atoms with Crippen LogP contribution in [0.3, 0.4) is 0 Å². The first-order valence-electron chi connectivity index (χ1n) is 11.3. The summed E-state index contributed by atoms with van der Waals surface area (Å²) in [5, 5.41) is 3.43. The number of carbonyl (C=O) groups is 2. The number of carbonyl (C=O) groups excluding carboxylic acids is 2. The van der Waals surface area contributed by atoms with Crippen molar-refractivity contribution in [2.24, 2.45) is 11.1 Å². The Kier molecular flexibility index (Phi) is 7.90. The van der Waals surface area contributed by atoms with Gasteiger partial charge in [-0.1, -0.05) is 6.07 Å². The third kappa shape index (κ3) is 5.83. The lowest BCUT2D eigenvalue weighted by molar-refractivity contribution is -0.194. The highest BCUT2D eigenvalue weighted by Gasteiger charge is 2.67. The standard InChI is InChI=1S/C24H30F4N4O2S/c1-13-15(5-6-17(21(13)25)22(29)34)9-16(32(3)4)11-31-20(33)10-18(19-12-30-14(2)35-19)23(7-8-23)24(26,27)28/h5-6,12,16,18H,7-11H2,1-4H3,(H2,29,34)(H,31,33)/t16-,18+/m0/s1. The molecular formula is C24H30F4N4O2S. The fourth-order valence-electron chi connectivity index (χ4n) is 4.39. The van der Waals surface area contributed by atoms with Gasteiger partial charge in [0.15, 0.2) is 0 Å². The van der Waals surface area contributed by atoms with E-state index in [1.165, 1.54) is 23.6 Å². The normalized spacial score (nSPS) is 16.7. The molecule has 3 rings (SSSR count). The Labute approximate surface area is 205 Å². The first-order valence-corrected chi connectivity index (χ1v) is 12.1. The van der Waals surface area contributed by atoms with Crippen molar-refractivity contribution in [2.75, 3.05) is 20.6 Å². The maximum atomic E-state index is 14.5. The first kappa shape index (κ1) is 27.1. The summed E-state index contributed by atoms with van der Waals surface area (Å²) in [5.74, 6) is -2.99. The van der Waals surface area contributed by atoms with Gasteiger partial charge in [0.25, 0.3) is 5.91 Å². The molecule has 2 atom stereocenters. The summed E-state index contributed by atoms with van der Waals surface area (Å²) in [7, 11) is 3.60. The molecule has 11 heteroatoms. The third-order valence-corrected chi connectivity index (χ3v) is 7.90. The van der Waals surface area contributed by atoms with E-state index in [4.69, 9.17) is 5.73 Å². The van der Waals surface area contributed by atoms with Crippen molar-refractivity contribution in [3.8, 4) is 0 Å². The van der Waals surface area contributed by atoms with E-state index in [1.54, 1.807) is 34.0 Å². The lowest BCUT2D eigenvalue weighted by atomic mass is 9.84. The van der Waals surface area contributed by atoms with Crippen LogP contribution >= 0.6 is 11.3 Å². The number of alkyl halides is 3. The second kappa shape index (κ2) is 10.2. The highest BCUT2D eigenvalue weighted by molar-refractivity contribution is 7.11. The summed E-state index contributed by atoms with van der Waals surface area (Å²) >= 11 is 1.19. The van der Waals surface area contributed by atoms with Gasteiger partial charge in [0.05, 0.1) is 16.0 Å². The Balaban J connectivity index is 1.71. The van der Waals surface area contributed by atoms with Crippen molar-refractivity contribution >= 4 is 23.2 Å². The van der Waals surface area contributed by atoms with E-state index in [0.717, 1.165) is 0 Å². The molecule has 1 aliphatic rings. The van der Waals surface area contributed by atoms with Crippen LogP contribution in [0.5, 0.6) is 0 Å². The quantitative estimate of drug-likeness (QED) is 0.468. The zero-order valence-corrected chi connectivity index (χ0v) is 20.9. The van der Waals surface area contributed by atoms with Crippen LogP contribution in [0.2, 0.25) is 0 Å². The van der Waals surface area contributed by atoms with Crippen LogP contribution in [-0.2, 0) is 11.2 Å². The molecule has 1 fully saturated rings. The third-order valence-electron chi connectivity index (χ3n) is 6.88. The monoisotopic (exact) mass is 514 g/mol. The van der Waals surface area contributed by atoms with Gasteiger partial charge in [-0.25, -0.2) is 9.37 Å². The molecule has 0 saturated heterocycles. The molecule has 1 saturated carbocycles. The SMILES string of the molecule is Cc1ncc([C@@H](CC(=O)NC[C@H](Cc2ccc(C(N)=O)c(F)c2C)N(C)C)C2(C(F)(F)F)CC2)s1. The highest BCUT2D eigenvalue weighted by atomic mass is 32.1. The average molecular weight is 515 g/mol. The van der Waals surface area contributed by atoms with Crippen molar-refractivity contribution in [1.82, 2.24) is 15.2 Å². The number of primary amides is 1. The summed E-state index contributed by atoms with van der Waals surface area (Å²) in [6.07, 6.45) is -2.89. The van der Waals surface area contributed by atoms with E-state index < -0.39 is 35.1 Å². The van der Waals surface area contributed by atoms with Crippen molar-refractivity contribution in [1.29, 1.82) is 0 Å². The number of benzene rings is 1. The largest absolute Gasteiger partial charge is 0.395 e. The van der Waals surface area contributed by atoms with Crippen molar-refractivity contribution < 1.29 is 27.2 Å². The zero-order valence-electron chi connectivity index (χ0n) is 20.1. The van der Waals surface area contributed by atoms with Crippen LogP contribution in [0, 0.1) is 25.1 Å². The highest BCUT2D eigenvalue weighted by Crippen LogP contribution is 2.66. The Hall–Kier alpha value is -2.53. The Bertz CT molecular complexity index is 1100. The number of hydrogen-bond acceptors (Lipinski definition) is 5. The van der Waals surface area contributed by atoms with Crippen LogP contribution in [0.25, 0.3) is 0 Å². The molecule has 0 unspecified atom stereocenters. The number of likely N-dealkylation sites (N-methyl/N-ethyl adjacent to an activating group) is 1. The fourth-order valence-corrected chi connectivity index (χ4v) is 5.39. The second-order valence-electron chi connectivity index (χ2n) is 9.39. The summed E-state index contributed by atoms with van der Waals surface area (Å²) in [4.78, 5) is 30.6. The van der Waals surface area contributed by atoms with E-state index in [1.807, 2.05) is 4.90 Å². The van der Waals surface area contributed by atoms with Gasteiger partial charge in [0, 0.05) is 36.0 Å². The predicted molar refractivity (Wildman–Crippen MR) is 126 cm³/mol. The Morgan fingerprint density at radius 2 is 1.91 bits per heavy atom.